The van der Waals surface area contributed by atoms with Crippen molar-refractivity contribution in [3.05, 3.63) is 100 Å². The smallest absolute Gasteiger partial charge is 0.360 e. The highest BCUT2D eigenvalue weighted by Crippen LogP contribution is 2.29. The van der Waals surface area contributed by atoms with Crippen molar-refractivity contribution in [1.82, 2.24) is 14.4 Å². The van der Waals surface area contributed by atoms with Gasteiger partial charge in [0.25, 0.3) is 0 Å². The zero-order valence-electron chi connectivity index (χ0n) is 23.5. The monoisotopic (exact) mass is 512 g/mol. The van der Waals surface area contributed by atoms with Gasteiger partial charge in [-0.2, -0.15) is 0 Å². The minimum Gasteiger partial charge on any atom is -0.856 e. The molecule has 2 heterocycles. The number of allylic oxidation sites excluding steroid dienone is 10. The number of aromatic nitrogens is 2. The number of carbonyl (C=O) groups excluding carboxylic acids is 1. The fraction of sp³-hybridized carbons (Fsp3) is 0.333. The number of aliphatic imine (C=N–C) groups is 2. The van der Waals surface area contributed by atoms with E-state index in [1.54, 1.807) is 9.47 Å². The van der Waals surface area contributed by atoms with Gasteiger partial charge in [0.2, 0.25) is 0 Å². The molecule has 0 N–H and O–H groups in total. The number of nitrogens with zero attached hydrogens (tertiary/aromatic N) is 6. The standard InChI is InChI=1S/C30H36N6O2/c1-9-35-13-11-33(7)29(35)27(37)31-25-19(3)15-23(16-20(25)4)24-17-21(5)26(22(6)18-24)32-28(38)30-34(8)12-14-36(30)10-2/h11-18H,9-10H2,1-8H3/b24-23?,29-27+,31-25?,32-26?. The Kier molecular flexibility index (Phi) is 7.53. The number of imidazole rings is 1. The van der Waals surface area contributed by atoms with Gasteiger partial charge in [-0.15, -0.1) is 0 Å². The van der Waals surface area contributed by atoms with Gasteiger partial charge < -0.3 is 14.9 Å². The predicted molar refractivity (Wildman–Crippen MR) is 149 cm³/mol. The van der Waals surface area contributed by atoms with Gasteiger partial charge in [-0.05, 0) is 99.3 Å². The molecule has 0 saturated heterocycles. The lowest BCUT2D eigenvalue weighted by molar-refractivity contribution is -0.672. The number of rotatable bonds is 4. The molecular weight excluding hydrogens is 476 g/mol. The largest absolute Gasteiger partial charge is 0.856 e. The minimum atomic E-state index is -0.261. The number of carbonyl (C=O) groups is 1. The summed E-state index contributed by atoms with van der Waals surface area (Å²) in [5.74, 6) is 0.581. The molecule has 0 radical (unpaired) electrons. The van der Waals surface area contributed by atoms with Crippen LogP contribution >= 0.6 is 0 Å². The third-order valence-electron chi connectivity index (χ3n) is 6.96. The van der Waals surface area contributed by atoms with E-state index >= 15 is 0 Å². The summed E-state index contributed by atoms with van der Waals surface area (Å²) < 4.78 is 3.70. The fourth-order valence-electron chi connectivity index (χ4n) is 5.01. The van der Waals surface area contributed by atoms with Crippen molar-refractivity contribution in [2.45, 2.75) is 48.1 Å². The van der Waals surface area contributed by atoms with E-state index in [1.165, 1.54) is 0 Å². The zero-order valence-corrected chi connectivity index (χ0v) is 23.5. The maximum Gasteiger partial charge on any atom is 0.360 e. The van der Waals surface area contributed by atoms with E-state index in [0.29, 0.717) is 36.2 Å². The summed E-state index contributed by atoms with van der Waals surface area (Å²) in [6, 6.07) is 0. The van der Waals surface area contributed by atoms with Gasteiger partial charge in [-0.3, -0.25) is 9.79 Å². The van der Waals surface area contributed by atoms with Gasteiger partial charge in [0.15, 0.2) is 0 Å². The van der Waals surface area contributed by atoms with Crippen molar-refractivity contribution < 1.29 is 14.5 Å². The molecule has 2 aliphatic carbocycles. The van der Waals surface area contributed by atoms with E-state index in [-0.39, 0.29) is 11.8 Å². The van der Waals surface area contributed by atoms with Crippen molar-refractivity contribution in [2.75, 3.05) is 13.6 Å². The summed E-state index contributed by atoms with van der Waals surface area (Å²) in [5, 5.41) is 13.0. The summed E-state index contributed by atoms with van der Waals surface area (Å²) in [6.07, 6.45) is 15.7. The molecule has 0 aromatic carbocycles. The second kappa shape index (κ2) is 10.7. The molecule has 8 nitrogen and oxygen atoms in total. The first kappa shape index (κ1) is 26.9. The Balaban J connectivity index is 1.66. The van der Waals surface area contributed by atoms with E-state index in [9.17, 15) is 9.90 Å². The van der Waals surface area contributed by atoms with Crippen molar-refractivity contribution in [2.24, 2.45) is 17.0 Å². The van der Waals surface area contributed by atoms with Crippen molar-refractivity contribution >= 4 is 17.3 Å². The van der Waals surface area contributed by atoms with Crippen molar-refractivity contribution in [1.29, 1.82) is 0 Å². The highest BCUT2D eigenvalue weighted by atomic mass is 16.3. The Hall–Kier alpha value is -4.20. The quantitative estimate of drug-likeness (QED) is 0.455. The van der Waals surface area contributed by atoms with Crippen LogP contribution < -0.4 is 9.67 Å². The highest BCUT2D eigenvalue weighted by molar-refractivity contribution is 6.19. The molecule has 1 aromatic heterocycles. The molecule has 0 spiro atoms. The van der Waals surface area contributed by atoms with Gasteiger partial charge in [0.05, 0.1) is 25.0 Å². The zero-order chi connectivity index (χ0) is 27.7. The van der Waals surface area contributed by atoms with E-state index in [1.807, 2.05) is 89.9 Å². The van der Waals surface area contributed by atoms with Crippen molar-refractivity contribution in [3.63, 3.8) is 0 Å². The van der Waals surface area contributed by atoms with Gasteiger partial charge in [-0.25, -0.2) is 14.1 Å². The first-order valence-electron chi connectivity index (χ1n) is 12.9. The molecule has 38 heavy (non-hydrogen) atoms. The van der Waals surface area contributed by atoms with Crippen LogP contribution in [0.1, 0.15) is 52.2 Å². The van der Waals surface area contributed by atoms with E-state index in [0.717, 1.165) is 33.4 Å². The molecule has 1 aliphatic heterocycles. The number of hydrogen-bond donors (Lipinski definition) is 0. The molecule has 0 saturated carbocycles. The van der Waals surface area contributed by atoms with Crippen LogP contribution in [0.15, 0.2) is 104 Å². The topological polar surface area (TPSA) is 80.1 Å². The van der Waals surface area contributed by atoms with E-state index in [4.69, 9.17) is 0 Å². The van der Waals surface area contributed by atoms with Crippen LogP contribution in [0.3, 0.4) is 0 Å². The lowest BCUT2D eigenvalue weighted by Crippen LogP contribution is -2.35. The lowest BCUT2D eigenvalue weighted by Gasteiger charge is -2.26. The second-order valence-electron chi connectivity index (χ2n) is 9.79. The first-order chi connectivity index (χ1) is 18.0. The van der Waals surface area contributed by atoms with Crippen LogP contribution in [0, 0.1) is 0 Å². The molecule has 1 amide bonds. The third-order valence-corrected chi connectivity index (χ3v) is 6.96. The van der Waals surface area contributed by atoms with Crippen LogP contribution in [0.5, 0.6) is 0 Å². The molecule has 8 heteroatoms. The van der Waals surface area contributed by atoms with E-state index < -0.39 is 0 Å². The number of aryl methyl sites for hydroxylation is 2. The Morgan fingerprint density at radius 1 is 0.868 bits per heavy atom. The molecule has 4 rings (SSSR count). The summed E-state index contributed by atoms with van der Waals surface area (Å²) in [6.45, 7) is 13.3. The number of amides is 1. The maximum atomic E-state index is 13.0. The summed E-state index contributed by atoms with van der Waals surface area (Å²) in [4.78, 5) is 25.7. The second-order valence-corrected chi connectivity index (χ2v) is 9.79. The molecule has 0 bridgehead atoms. The molecule has 3 aliphatic rings. The molecule has 0 unspecified atom stereocenters. The molecule has 198 valence electrons. The molecular formula is C30H36N6O2. The minimum absolute atomic E-state index is 0.261. The average molecular weight is 513 g/mol. The van der Waals surface area contributed by atoms with Gasteiger partial charge >= 0.3 is 11.7 Å². The fourth-order valence-corrected chi connectivity index (χ4v) is 5.01. The van der Waals surface area contributed by atoms with Gasteiger partial charge in [-0.1, -0.05) is 0 Å². The molecule has 0 atom stereocenters. The molecule has 0 fully saturated rings. The SMILES string of the molecule is CCN1C=CN(C)/C1=C(\[O-])N=C1C(C)=CC(=C2C=C(C)C(=NC(=O)c3n(CC)cc[n+]3C)C(C)=C2)C=C1C. The van der Waals surface area contributed by atoms with Crippen LogP contribution in [-0.4, -0.2) is 45.3 Å². The van der Waals surface area contributed by atoms with Crippen LogP contribution in [0.2, 0.25) is 0 Å². The van der Waals surface area contributed by atoms with Gasteiger partial charge in [0, 0.05) is 31.9 Å². The summed E-state index contributed by atoms with van der Waals surface area (Å²) in [5.41, 5.74) is 7.17. The lowest BCUT2D eigenvalue weighted by atomic mass is 9.87. The van der Waals surface area contributed by atoms with Crippen LogP contribution in [0.25, 0.3) is 0 Å². The van der Waals surface area contributed by atoms with Crippen LogP contribution in [0.4, 0.5) is 0 Å². The Bertz CT molecular complexity index is 1420. The Morgan fingerprint density at radius 2 is 1.39 bits per heavy atom. The van der Waals surface area contributed by atoms with Gasteiger partial charge in [0.1, 0.15) is 18.2 Å². The van der Waals surface area contributed by atoms with Crippen LogP contribution in [-0.2, 0) is 13.6 Å². The average Bonchev–Trinajstić information content (AvgIpc) is 3.44. The maximum absolute atomic E-state index is 13.0. The van der Waals surface area contributed by atoms with E-state index in [2.05, 4.69) is 34.3 Å². The number of hydrogen-bond acceptors (Lipinski definition) is 5. The summed E-state index contributed by atoms with van der Waals surface area (Å²) >= 11 is 0. The summed E-state index contributed by atoms with van der Waals surface area (Å²) in [7, 11) is 3.71. The van der Waals surface area contributed by atoms with Crippen molar-refractivity contribution in [3.8, 4) is 0 Å². The Labute approximate surface area is 225 Å². The predicted octanol–water partition coefficient (Wildman–Crippen LogP) is 3.69. The molecule has 1 aromatic rings. The first-order valence-corrected chi connectivity index (χ1v) is 12.9. The highest BCUT2D eigenvalue weighted by Gasteiger charge is 2.25. The Morgan fingerprint density at radius 3 is 1.89 bits per heavy atom. The normalized spacial score (nSPS) is 18.9. The third kappa shape index (κ3) is 4.98.